The van der Waals surface area contributed by atoms with Crippen LogP contribution in [0.1, 0.15) is 50.7 Å². The Labute approximate surface area is 217 Å². The summed E-state index contributed by atoms with van der Waals surface area (Å²) in [6.45, 7) is 7.53. The minimum atomic E-state index is -0.788. The molecule has 2 heterocycles. The van der Waals surface area contributed by atoms with E-state index in [9.17, 15) is 9.59 Å². The number of anilines is 1. The molecule has 4 rings (SSSR count). The van der Waals surface area contributed by atoms with Crippen molar-refractivity contribution >= 4 is 23.3 Å². The van der Waals surface area contributed by atoms with Crippen molar-refractivity contribution in [3.05, 3.63) is 53.9 Å². The number of aliphatic imine (C=N–C) groups is 1. The number of carbonyl (C=O) groups is 2. The molecule has 2 saturated carbocycles. The first-order valence-electron chi connectivity index (χ1n) is 12.9. The Kier molecular flexibility index (Phi) is 8.00. The van der Waals surface area contributed by atoms with Gasteiger partial charge in [-0.3, -0.25) is 19.6 Å². The maximum absolute atomic E-state index is 15.1. The largest absolute Gasteiger partial charge is 0.405 e. The second-order valence-corrected chi connectivity index (χ2v) is 10.3. The molecule has 1 unspecified atom stereocenters. The van der Waals surface area contributed by atoms with Crippen LogP contribution in [0.2, 0.25) is 0 Å². The van der Waals surface area contributed by atoms with Gasteiger partial charge in [0.25, 0.3) is 5.91 Å². The molecule has 2 aromatic heterocycles. The average molecular weight is 507 g/mol. The van der Waals surface area contributed by atoms with Gasteiger partial charge in [-0.05, 0) is 107 Å². The van der Waals surface area contributed by atoms with Crippen LogP contribution in [-0.4, -0.2) is 39.6 Å². The van der Waals surface area contributed by atoms with Crippen LogP contribution in [0.15, 0.2) is 41.8 Å². The van der Waals surface area contributed by atoms with Crippen molar-refractivity contribution in [1.29, 1.82) is 0 Å². The first kappa shape index (κ1) is 26.4. The van der Waals surface area contributed by atoms with Crippen LogP contribution in [0.25, 0.3) is 11.1 Å². The number of amides is 2. The van der Waals surface area contributed by atoms with E-state index in [1.54, 1.807) is 24.5 Å². The van der Waals surface area contributed by atoms with Crippen molar-refractivity contribution in [2.24, 2.45) is 28.5 Å². The lowest BCUT2D eigenvalue weighted by Crippen LogP contribution is -2.51. The van der Waals surface area contributed by atoms with Gasteiger partial charge in [0.15, 0.2) is 0 Å². The van der Waals surface area contributed by atoms with Crippen LogP contribution in [0.3, 0.4) is 0 Å². The summed E-state index contributed by atoms with van der Waals surface area (Å²) in [6.07, 6.45) is 10.1. The smallest absolute Gasteiger partial charge is 0.270 e. The summed E-state index contributed by atoms with van der Waals surface area (Å²) in [7, 11) is 0. The van der Waals surface area contributed by atoms with Crippen molar-refractivity contribution in [3.8, 4) is 11.1 Å². The zero-order valence-corrected chi connectivity index (χ0v) is 21.8. The first-order valence-corrected chi connectivity index (χ1v) is 12.9. The van der Waals surface area contributed by atoms with Gasteiger partial charge in [-0.2, -0.15) is 4.39 Å². The van der Waals surface area contributed by atoms with Gasteiger partial charge < -0.3 is 16.4 Å². The van der Waals surface area contributed by atoms with Gasteiger partial charge in [0.1, 0.15) is 17.6 Å². The molecule has 2 fully saturated rings. The summed E-state index contributed by atoms with van der Waals surface area (Å²) in [4.78, 5) is 39.2. The number of aromatic nitrogens is 2. The van der Waals surface area contributed by atoms with Crippen molar-refractivity contribution in [3.63, 3.8) is 0 Å². The number of hydrogen-bond donors (Lipinski definition) is 3. The highest BCUT2D eigenvalue weighted by Gasteiger charge is 2.48. The molecule has 9 heteroatoms. The number of nitrogens with one attached hydrogen (secondary N) is 2. The maximum atomic E-state index is 15.1. The molecule has 1 atom stereocenters. The van der Waals surface area contributed by atoms with Gasteiger partial charge in [0, 0.05) is 29.6 Å². The second kappa shape index (κ2) is 11.2. The monoisotopic (exact) mass is 506 g/mol. The molecule has 0 radical (unpaired) electrons. The van der Waals surface area contributed by atoms with Gasteiger partial charge in [-0.25, -0.2) is 4.98 Å². The number of hydrogen-bond acceptors (Lipinski definition) is 6. The lowest BCUT2D eigenvalue weighted by Gasteiger charge is -2.27. The fourth-order valence-electron chi connectivity index (χ4n) is 4.80. The molecule has 2 aliphatic carbocycles. The fourth-order valence-corrected chi connectivity index (χ4v) is 4.80. The lowest BCUT2D eigenvalue weighted by atomic mass is 9.88. The molecule has 2 aliphatic rings. The van der Waals surface area contributed by atoms with Crippen molar-refractivity contribution < 1.29 is 14.0 Å². The third-order valence-corrected chi connectivity index (χ3v) is 7.03. The molecule has 2 amide bonds. The Balaban J connectivity index is 1.58. The van der Waals surface area contributed by atoms with Crippen molar-refractivity contribution in [1.82, 2.24) is 15.3 Å². The van der Waals surface area contributed by atoms with E-state index in [4.69, 9.17) is 5.73 Å². The third kappa shape index (κ3) is 6.39. The number of halogens is 1. The lowest BCUT2D eigenvalue weighted by molar-refractivity contribution is -0.124. The van der Waals surface area contributed by atoms with Crippen LogP contribution in [-0.2, 0) is 9.59 Å². The quantitative estimate of drug-likeness (QED) is 0.331. The molecule has 8 nitrogen and oxygen atoms in total. The van der Waals surface area contributed by atoms with Crippen molar-refractivity contribution in [2.45, 2.75) is 65.5 Å². The average Bonchev–Trinajstić information content (AvgIpc) is 3.76. The van der Waals surface area contributed by atoms with E-state index in [-0.39, 0.29) is 23.5 Å². The topological polar surface area (TPSA) is 122 Å². The van der Waals surface area contributed by atoms with E-state index in [2.05, 4.69) is 25.6 Å². The minimum absolute atomic E-state index is 0.0104. The predicted molar refractivity (Wildman–Crippen MR) is 142 cm³/mol. The molecule has 37 heavy (non-hydrogen) atoms. The summed E-state index contributed by atoms with van der Waals surface area (Å²) in [6, 6.07) is 2.25. The standard InChI is InChI=1S/C28H35FN6O2/c1-15(2)32-22(11-12-30)27(36)35-25(24(18-5-6-18)19-7-8-19)28(37)34-23-10-9-20(26(29)33-23)21-14-31-13-16(3)17(21)4/h9-15,18-19,24-25H,5-8,30H2,1-4H3,(H,35,36)(H,33,34,37). The van der Waals surface area contributed by atoms with E-state index in [1.807, 2.05) is 27.7 Å². The van der Waals surface area contributed by atoms with E-state index in [1.165, 1.54) is 12.3 Å². The number of nitrogens with zero attached hydrogens (tertiary/aromatic N) is 3. The Morgan fingerprint density at radius 2 is 1.78 bits per heavy atom. The van der Waals surface area contributed by atoms with Crippen molar-refractivity contribution in [2.75, 3.05) is 5.32 Å². The highest BCUT2D eigenvalue weighted by molar-refractivity contribution is 6.43. The van der Waals surface area contributed by atoms with E-state index >= 15 is 4.39 Å². The number of carbonyl (C=O) groups excluding carboxylic acids is 2. The molecule has 4 N–H and O–H groups in total. The number of aryl methyl sites for hydroxylation is 1. The fraction of sp³-hybridized carbons (Fsp3) is 0.464. The Hall–Kier alpha value is -3.62. The third-order valence-electron chi connectivity index (χ3n) is 7.03. The van der Waals surface area contributed by atoms with Crippen LogP contribution in [0.5, 0.6) is 0 Å². The highest BCUT2D eigenvalue weighted by Crippen LogP contribution is 2.50. The van der Waals surface area contributed by atoms with E-state index < -0.39 is 23.8 Å². The molecular formula is C28H35FN6O2. The highest BCUT2D eigenvalue weighted by atomic mass is 19.1. The predicted octanol–water partition coefficient (Wildman–Crippen LogP) is 4.08. The number of pyridine rings is 2. The molecule has 0 aromatic carbocycles. The zero-order chi connectivity index (χ0) is 26.7. The molecule has 0 bridgehead atoms. The Bertz CT molecular complexity index is 1220. The SMILES string of the molecule is Cc1cncc(-c2ccc(NC(=O)C(NC(=O)C(C=CN)=NC(C)C)C(C3CC3)C3CC3)nc2F)c1C. The van der Waals surface area contributed by atoms with Gasteiger partial charge in [0.2, 0.25) is 11.9 Å². The Morgan fingerprint density at radius 1 is 1.11 bits per heavy atom. The van der Waals surface area contributed by atoms with Gasteiger partial charge >= 0.3 is 0 Å². The number of nitrogens with two attached hydrogens (primary N) is 1. The summed E-state index contributed by atoms with van der Waals surface area (Å²) >= 11 is 0. The maximum Gasteiger partial charge on any atom is 0.270 e. The molecule has 2 aromatic rings. The molecular weight excluding hydrogens is 471 g/mol. The number of rotatable bonds is 10. The summed E-state index contributed by atoms with van der Waals surface area (Å²) < 4.78 is 15.1. The van der Waals surface area contributed by atoms with E-state index in [0.29, 0.717) is 23.0 Å². The molecule has 0 saturated heterocycles. The van der Waals surface area contributed by atoms with Crippen LogP contribution in [0.4, 0.5) is 10.2 Å². The van der Waals surface area contributed by atoms with Crippen LogP contribution >= 0.6 is 0 Å². The summed E-state index contributed by atoms with van der Waals surface area (Å²) in [5.74, 6) is -0.715. The van der Waals surface area contributed by atoms with Crippen LogP contribution < -0.4 is 16.4 Å². The molecule has 0 spiro atoms. The summed E-state index contributed by atoms with van der Waals surface area (Å²) in [5.41, 5.74) is 8.52. The first-order chi connectivity index (χ1) is 17.7. The summed E-state index contributed by atoms with van der Waals surface area (Å²) in [5, 5.41) is 5.66. The molecule has 196 valence electrons. The van der Waals surface area contributed by atoms with Gasteiger partial charge in [-0.1, -0.05) is 0 Å². The minimum Gasteiger partial charge on any atom is -0.405 e. The Morgan fingerprint density at radius 3 is 2.35 bits per heavy atom. The zero-order valence-electron chi connectivity index (χ0n) is 21.8. The normalized spacial score (nSPS) is 16.9. The van der Waals surface area contributed by atoms with E-state index in [0.717, 1.165) is 36.8 Å². The second-order valence-electron chi connectivity index (χ2n) is 10.3. The van der Waals surface area contributed by atoms with Crippen LogP contribution in [0, 0.1) is 37.5 Å². The van der Waals surface area contributed by atoms with Gasteiger partial charge in [-0.15, -0.1) is 0 Å². The molecule has 0 aliphatic heterocycles. The van der Waals surface area contributed by atoms with Gasteiger partial charge in [0.05, 0.1) is 0 Å².